The van der Waals surface area contributed by atoms with Gasteiger partial charge in [-0.3, -0.25) is 0 Å². The van der Waals surface area contributed by atoms with Crippen LogP contribution in [0.5, 0.6) is 0 Å². The molecule has 0 aliphatic heterocycles. The van der Waals surface area contributed by atoms with Gasteiger partial charge < -0.3 is 10.2 Å². The average Bonchev–Trinajstić information content (AvgIpc) is 2.75. The quantitative estimate of drug-likeness (QED) is 0.582. The molecule has 0 amide bonds. The third-order valence-electron chi connectivity index (χ3n) is 2.19. The minimum absolute atomic E-state index is 0.665. The molecule has 0 aliphatic carbocycles. The number of anilines is 1. The van der Waals surface area contributed by atoms with E-state index in [4.69, 9.17) is 0 Å². The maximum atomic E-state index is 4.18. The average molecular weight is 274 g/mol. The molecule has 1 aromatic rings. The van der Waals surface area contributed by atoms with Gasteiger partial charge in [0, 0.05) is 19.8 Å². The van der Waals surface area contributed by atoms with Crippen molar-refractivity contribution in [3.8, 4) is 0 Å². The van der Waals surface area contributed by atoms with E-state index in [1.54, 1.807) is 23.1 Å². The number of aromatic nitrogens is 2. The number of hydrogen-bond acceptors (Lipinski definition) is 6. The van der Waals surface area contributed by atoms with E-state index in [1.165, 1.54) is 6.42 Å². The summed E-state index contributed by atoms with van der Waals surface area (Å²) in [5.74, 6) is 1.76. The molecule has 0 radical (unpaired) electrons. The summed E-state index contributed by atoms with van der Waals surface area (Å²) in [6.07, 6.45) is 1.20. The third-order valence-corrected chi connectivity index (χ3v) is 4.74. The fraction of sp³-hybridized carbons (Fsp3) is 0.818. The first kappa shape index (κ1) is 14.7. The highest BCUT2D eigenvalue weighted by atomic mass is 32.2. The normalized spacial score (nSPS) is 12.7. The van der Waals surface area contributed by atoms with Gasteiger partial charge in [0.25, 0.3) is 0 Å². The zero-order valence-electron chi connectivity index (χ0n) is 11.1. The summed E-state index contributed by atoms with van der Waals surface area (Å²) in [6, 6.07) is 0. The number of nitrogens with zero attached hydrogens (tertiary/aromatic N) is 3. The van der Waals surface area contributed by atoms with Crippen LogP contribution in [0.25, 0.3) is 0 Å². The van der Waals surface area contributed by atoms with Crippen LogP contribution >= 0.6 is 23.1 Å². The van der Waals surface area contributed by atoms with Gasteiger partial charge in [0.05, 0.1) is 0 Å². The van der Waals surface area contributed by atoms with Crippen LogP contribution in [-0.4, -0.2) is 43.1 Å². The van der Waals surface area contributed by atoms with Gasteiger partial charge in [-0.25, -0.2) is 0 Å². The lowest BCUT2D eigenvalue weighted by molar-refractivity contribution is 0.557. The van der Waals surface area contributed by atoms with Crippen molar-refractivity contribution in [1.29, 1.82) is 0 Å². The Labute approximate surface area is 112 Å². The predicted molar refractivity (Wildman–Crippen MR) is 77.3 cm³/mol. The molecule has 0 saturated heterocycles. The molecular weight excluding hydrogens is 252 g/mol. The molecule has 4 nitrogen and oxygen atoms in total. The Morgan fingerprint density at radius 3 is 2.76 bits per heavy atom. The Balaban J connectivity index is 2.24. The van der Waals surface area contributed by atoms with Crippen molar-refractivity contribution in [3.63, 3.8) is 0 Å². The van der Waals surface area contributed by atoms with Crippen LogP contribution in [0.4, 0.5) is 5.13 Å². The van der Waals surface area contributed by atoms with E-state index in [2.05, 4.69) is 29.4 Å². The fourth-order valence-corrected chi connectivity index (χ4v) is 3.05. The zero-order valence-corrected chi connectivity index (χ0v) is 12.7. The first-order chi connectivity index (χ1) is 8.13. The van der Waals surface area contributed by atoms with Crippen molar-refractivity contribution < 1.29 is 0 Å². The van der Waals surface area contributed by atoms with E-state index in [0.29, 0.717) is 5.92 Å². The van der Waals surface area contributed by atoms with Crippen LogP contribution in [0, 0.1) is 5.92 Å². The highest BCUT2D eigenvalue weighted by Crippen LogP contribution is 2.27. The van der Waals surface area contributed by atoms with Gasteiger partial charge in [0.1, 0.15) is 0 Å². The van der Waals surface area contributed by atoms with Crippen molar-refractivity contribution in [1.82, 2.24) is 15.5 Å². The monoisotopic (exact) mass is 274 g/mol. The molecule has 0 saturated carbocycles. The molecule has 1 heterocycles. The minimum Gasteiger partial charge on any atom is -0.353 e. The highest BCUT2D eigenvalue weighted by Gasteiger charge is 2.08. The molecule has 0 bridgehead atoms. The Hall–Kier alpha value is -0.330. The topological polar surface area (TPSA) is 41.1 Å². The van der Waals surface area contributed by atoms with E-state index < -0.39 is 0 Å². The van der Waals surface area contributed by atoms with Gasteiger partial charge in [-0.1, -0.05) is 36.9 Å². The summed E-state index contributed by atoms with van der Waals surface area (Å²) in [5, 5.41) is 12.7. The van der Waals surface area contributed by atoms with E-state index >= 15 is 0 Å². The van der Waals surface area contributed by atoms with Gasteiger partial charge in [-0.2, -0.15) is 0 Å². The van der Waals surface area contributed by atoms with Crippen LogP contribution < -0.4 is 10.2 Å². The first-order valence-corrected chi connectivity index (χ1v) is 7.78. The molecule has 0 aliphatic rings. The largest absolute Gasteiger partial charge is 0.353 e. The van der Waals surface area contributed by atoms with E-state index in [-0.39, 0.29) is 0 Å². The van der Waals surface area contributed by atoms with Gasteiger partial charge in [-0.05, 0) is 25.4 Å². The van der Waals surface area contributed by atoms with Crippen molar-refractivity contribution in [3.05, 3.63) is 0 Å². The predicted octanol–water partition coefficient (Wildman–Crippen LogP) is 2.33. The van der Waals surface area contributed by atoms with Crippen LogP contribution in [0.3, 0.4) is 0 Å². The summed E-state index contributed by atoms with van der Waals surface area (Å²) < 4.78 is 1.07. The SMILES string of the molecule is CCCNCC(C)CSc1nnc(N(C)C)s1. The van der Waals surface area contributed by atoms with Gasteiger partial charge in [-0.15, -0.1) is 10.2 Å². The smallest absolute Gasteiger partial charge is 0.208 e. The molecule has 0 aromatic carbocycles. The number of rotatable bonds is 8. The van der Waals surface area contributed by atoms with Gasteiger partial charge >= 0.3 is 0 Å². The summed E-state index contributed by atoms with van der Waals surface area (Å²) in [4.78, 5) is 1.99. The molecule has 6 heteroatoms. The van der Waals surface area contributed by atoms with Gasteiger partial charge in [0.2, 0.25) is 5.13 Å². The lowest BCUT2D eigenvalue weighted by atomic mass is 10.2. The first-order valence-electron chi connectivity index (χ1n) is 5.97. The van der Waals surface area contributed by atoms with Crippen molar-refractivity contribution in [2.75, 3.05) is 37.8 Å². The minimum atomic E-state index is 0.665. The van der Waals surface area contributed by atoms with E-state index in [9.17, 15) is 0 Å². The molecule has 0 fully saturated rings. The lowest BCUT2D eigenvalue weighted by Crippen LogP contribution is -2.23. The summed E-state index contributed by atoms with van der Waals surface area (Å²) in [7, 11) is 3.98. The fourth-order valence-electron chi connectivity index (χ4n) is 1.24. The number of nitrogens with one attached hydrogen (secondary N) is 1. The highest BCUT2D eigenvalue weighted by molar-refractivity contribution is 8.01. The standard InChI is InChI=1S/C11H22N4S2/c1-5-6-12-7-9(2)8-16-11-14-13-10(17-11)15(3)4/h9,12H,5-8H2,1-4H3. The van der Waals surface area contributed by atoms with Crippen LogP contribution in [-0.2, 0) is 0 Å². The van der Waals surface area contributed by atoms with Crippen molar-refractivity contribution in [2.45, 2.75) is 24.6 Å². The van der Waals surface area contributed by atoms with E-state index in [0.717, 1.165) is 28.3 Å². The number of thioether (sulfide) groups is 1. The summed E-state index contributed by atoms with van der Waals surface area (Å²) in [6.45, 7) is 6.65. The maximum Gasteiger partial charge on any atom is 0.208 e. The second kappa shape index (κ2) is 7.89. The zero-order chi connectivity index (χ0) is 12.7. The third kappa shape index (κ3) is 5.70. The Bertz CT molecular complexity index is 314. The van der Waals surface area contributed by atoms with Crippen molar-refractivity contribution in [2.24, 2.45) is 5.92 Å². The molecule has 0 spiro atoms. The molecular formula is C11H22N4S2. The Morgan fingerprint density at radius 1 is 1.41 bits per heavy atom. The molecule has 17 heavy (non-hydrogen) atoms. The lowest BCUT2D eigenvalue weighted by Gasteiger charge is -2.10. The molecule has 1 atom stereocenters. The Morgan fingerprint density at radius 2 is 2.18 bits per heavy atom. The Kier molecular flexibility index (Phi) is 6.84. The van der Waals surface area contributed by atoms with Crippen LogP contribution in [0.15, 0.2) is 4.34 Å². The molecule has 1 aromatic heterocycles. The second-order valence-corrected chi connectivity index (χ2v) is 6.59. The van der Waals surface area contributed by atoms with Crippen molar-refractivity contribution >= 4 is 28.2 Å². The number of hydrogen-bond donors (Lipinski definition) is 1. The molecule has 1 unspecified atom stereocenters. The molecule has 1 N–H and O–H groups in total. The van der Waals surface area contributed by atoms with E-state index in [1.807, 2.05) is 19.0 Å². The molecule has 98 valence electrons. The maximum absolute atomic E-state index is 4.18. The van der Waals surface area contributed by atoms with Gasteiger partial charge in [0.15, 0.2) is 4.34 Å². The van der Waals surface area contributed by atoms with Crippen LogP contribution in [0.1, 0.15) is 20.3 Å². The molecule has 1 rings (SSSR count). The summed E-state index contributed by atoms with van der Waals surface area (Å²) >= 11 is 3.46. The summed E-state index contributed by atoms with van der Waals surface area (Å²) in [5.41, 5.74) is 0. The van der Waals surface area contributed by atoms with Crippen LogP contribution in [0.2, 0.25) is 0 Å². The second-order valence-electron chi connectivity index (χ2n) is 4.37.